The molecule has 0 aromatic rings. The first-order valence-corrected chi connectivity index (χ1v) is 7.19. The maximum atomic E-state index is 12.0. The molecule has 0 saturated heterocycles. The lowest BCUT2D eigenvalue weighted by atomic mass is 10.1. The zero-order chi connectivity index (χ0) is 16.8. The molecule has 0 fully saturated rings. The summed E-state index contributed by atoms with van der Waals surface area (Å²) in [6.45, 7) is 10.3. The van der Waals surface area contributed by atoms with Gasteiger partial charge >= 0.3 is 12.1 Å². The van der Waals surface area contributed by atoms with Crippen LogP contribution in [-0.4, -0.2) is 34.4 Å². The first-order chi connectivity index (χ1) is 9.30. The van der Waals surface area contributed by atoms with Crippen molar-refractivity contribution in [1.82, 2.24) is 5.32 Å². The van der Waals surface area contributed by atoms with E-state index in [1.807, 2.05) is 0 Å². The summed E-state index contributed by atoms with van der Waals surface area (Å²) in [6, 6.07) is -0.949. The Labute approximate surface area is 131 Å². The van der Waals surface area contributed by atoms with Crippen molar-refractivity contribution in [3.05, 3.63) is 0 Å². The Kier molecular flexibility index (Phi) is 7.23. The molecule has 0 saturated carbocycles. The van der Waals surface area contributed by atoms with E-state index in [2.05, 4.69) is 17.9 Å². The summed E-state index contributed by atoms with van der Waals surface area (Å²) in [5, 5.41) is 2.06. The quantitative estimate of drug-likeness (QED) is 0.601. The molecule has 0 radical (unpaired) electrons. The van der Waals surface area contributed by atoms with Gasteiger partial charge in [-0.2, -0.15) is 0 Å². The van der Waals surface area contributed by atoms with Crippen LogP contribution in [0.5, 0.6) is 0 Å². The molecule has 7 heteroatoms. The number of carbonyl (C=O) groups excluding carboxylic acids is 3. The Morgan fingerprint density at radius 2 is 1.48 bits per heavy atom. The van der Waals surface area contributed by atoms with Crippen LogP contribution in [0.4, 0.5) is 4.79 Å². The standard InChI is InChI=1S/C14H25NO5S/c1-13(2,3)19-11(17)9(7-8-10(16)21)15-12(18)20-14(4,5)6/h9H,7-8H2,1-6H3,(H,15,18)(H,16,21)/t9-/m0/s1. The number of alkyl carbamates (subject to hydrolysis) is 1. The van der Waals surface area contributed by atoms with Crippen LogP contribution < -0.4 is 5.32 Å². The van der Waals surface area contributed by atoms with Gasteiger partial charge in [-0.3, -0.25) is 4.79 Å². The van der Waals surface area contributed by atoms with Crippen LogP contribution in [-0.2, 0) is 19.1 Å². The van der Waals surface area contributed by atoms with Crippen molar-refractivity contribution < 1.29 is 23.9 Å². The summed E-state index contributed by atoms with van der Waals surface area (Å²) in [5.74, 6) is -0.608. The van der Waals surface area contributed by atoms with Gasteiger partial charge in [-0.25, -0.2) is 9.59 Å². The highest BCUT2D eigenvalue weighted by Crippen LogP contribution is 2.13. The van der Waals surface area contributed by atoms with Crippen molar-refractivity contribution >= 4 is 29.8 Å². The van der Waals surface area contributed by atoms with E-state index in [4.69, 9.17) is 9.47 Å². The Balaban J connectivity index is 4.77. The lowest BCUT2D eigenvalue weighted by Gasteiger charge is -2.26. The van der Waals surface area contributed by atoms with E-state index in [0.717, 1.165) is 0 Å². The van der Waals surface area contributed by atoms with Gasteiger partial charge in [-0.05, 0) is 48.0 Å². The zero-order valence-corrected chi connectivity index (χ0v) is 14.4. The van der Waals surface area contributed by atoms with Crippen LogP contribution in [0.15, 0.2) is 0 Å². The molecule has 0 unspecified atom stereocenters. The van der Waals surface area contributed by atoms with Crippen LogP contribution in [0, 0.1) is 0 Å². The first kappa shape index (κ1) is 19.8. The average molecular weight is 319 g/mol. The average Bonchev–Trinajstić information content (AvgIpc) is 2.18. The fourth-order valence-electron chi connectivity index (χ4n) is 1.34. The fraction of sp³-hybridized carbons (Fsp3) is 0.786. The molecule has 0 rings (SSSR count). The van der Waals surface area contributed by atoms with Gasteiger partial charge < -0.3 is 14.8 Å². The molecule has 1 N–H and O–H groups in total. The Hall–Kier alpha value is -1.24. The molecular formula is C14H25NO5S. The second-order valence-corrected chi connectivity index (χ2v) is 7.16. The number of esters is 1. The zero-order valence-electron chi connectivity index (χ0n) is 13.5. The van der Waals surface area contributed by atoms with Gasteiger partial charge in [0.1, 0.15) is 17.2 Å². The number of nitrogens with one attached hydrogen (secondary N) is 1. The minimum Gasteiger partial charge on any atom is -0.458 e. The topological polar surface area (TPSA) is 81.7 Å². The molecule has 0 aliphatic rings. The van der Waals surface area contributed by atoms with E-state index >= 15 is 0 Å². The van der Waals surface area contributed by atoms with Crippen LogP contribution in [0.1, 0.15) is 54.4 Å². The van der Waals surface area contributed by atoms with Crippen molar-refractivity contribution in [2.24, 2.45) is 0 Å². The Bertz CT molecular complexity index is 395. The highest BCUT2D eigenvalue weighted by molar-refractivity contribution is 7.96. The predicted octanol–water partition coefficient (Wildman–Crippen LogP) is 2.46. The molecule has 0 aromatic heterocycles. The molecule has 0 heterocycles. The monoisotopic (exact) mass is 319 g/mol. The third kappa shape index (κ3) is 11.1. The van der Waals surface area contributed by atoms with Crippen molar-refractivity contribution in [2.75, 3.05) is 0 Å². The number of rotatable bonds is 5. The number of hydrogen-bond donors (Lipinski definition) is 2. The van der Waals surface area contributed by atoms with Gasteiger partial charge in [0.2, 0.25) is 0 Å². The van der Waals surface area contributed by atoms with Gasteiger partial charge in [0.05, 0.1) is 0 Å². The third-order valence-electron chi connectivity index (χ3n) is 2.03. The van der Waals surface area contributed by atoms with E-state index in [-0.39, 0.29) is 18.0 Å². The minimum atomic E-state index is -0.949. The molecule has 0 aliphatic carbocycles. The summed E-state index contributed by atoms with van der Waals surface area (Å²) in [5.41, 5.74) is -1.36. The second kappa shape index (κ2) is 7.68. The van der Waals surface area contributed by atoms with Gasteiger partial charge in [0.15, 0.2) is 5.12 Å². The van der Waals surface area contributed by atoms with E-state index in [1.54, 1.807) is 41.5 Å². The summed E-state index contributed by atoms with van der Waals surface area (Å²) >= 11 is 3.65. The maximum absolute atomic E-state index is 12.0. The number of ether oxygens (including phenoxy) is 2. The van der Waals surface area contributed by atoms with Crippen LogP contribution in [0.3, 0.4) is 0 Å². The van der Waals surface area contributed by atoms with E-state index in [0.29, 0.717) is 0 Å². The molecule has 0 aliphatic heterocycles. The number of carbonyl (C=O) groups is 3. The summed E-state index contributed by atoms with van der Waals surface area (Å²) in [6.07, 6.45) is -0.579. The minimum absolute atomic E-state index is 0.0445. The van der Waals surface area contributed by atoms with Gasteiger partial charge in [0, 0.05) is 6.42 Å². The SMILES string of the molecule is CC(C)(C)OC(=O)N[C@@H](CCC(=O)S)C(=O)OC(C)(C)C. The van der Waals surface area contributed by atoms with Gasteiger partial charge in [-0.1, -0.05) is 0 Å². The highest BCUT2D eigenvalue weighted by Gasteiger charge is 2.28. The largest absolute Gasteiger partial charge is 0.458 e. The van der Waals surface area contributed by atoms with Crippen LogP contribution >= 0.6 is 12.6 Å². The first-order valence-electron chi connectivity index (χ1n) is 6.74. The summed E-state index contributed by atoms with van der Waals surface area (Å²) < 4.78 is 10.3. The Morgan fingerprint density at radius 1 is 1.00 bits per heavy atom. The highest BCUT2D eigenvalue weighted by atomic mass is 32.1. The molecule has 0 aromatic carbocycles. The molecule has 1 atom stereocenters. The summed E-state index contributed by atoms with van der Waals surface area (Å²) in [7, 11) is 0. The van der Waals surface area contributed by atoms with E-state index in [1.165, 1.54) is 0 Å². The van der Waals surface area contributed by atoms with Crippen LogP contribution in [0.2, 0.25) is 0 Å². The normalized spacial score (nSPS) is 13.3. The molecule has 1 amide bonds. The third-order valence-corrected chi connectivity index (χ3v) is 2.25. The molecule has 21 heavy (non-hydrogen) atoms. The number of thiol groups is 1. The van der Waals surface area contributed by atoms with Crippen LogP contribution in [0.25, 0.3) is 0 Å². The fourth-order valence-corrected chi connectivity index (χ4v) is 1.47. The molecule has 0 spiro atoms. The molecular weight excluding hydrogens is 294 g/mol. The smallest absolute Gasteiger partial charge is 0.408 e. The molecule has 6 nitrogen and oxygen atoms in total. The van der Waals surface area contributed by atoms with Crippen molar-refractivity contribution in [2.45, 2.75) is 71.6 Å². The van der Waals surface area contributed by atoms with E-state index in [9.17, 15) is 14.4 Å². The van der Waals surface area contributed by atoms with Gasteiger partial charge in [0.25, 0.3) is 0 Å². The number of amides is 1. The van der Waals surface area contributed by atoms with Crippen molar-refractivity contribution in [3.8, 4) is 0 Å². The Morgan fingerprint density at radius 3 is 1.86 bits per heavy atom. The van der Waals surface area contributed by atoms with Gasteiger partial charge in [-0.15, -0.1) is 12.6 Å². The van der Waals surface area contributed by atoms with Crippen molar-refractivity contribution in [1.29, 1.82) is 0 Å². The number of hydrogen-bond acceptors (Lipinski definition) is 5. The second-order valence-electron chi connectivity index (χ2n) is 6.66. The molecule has 122 valence electrons. The lowest BCUT2D eigenvalue weighted by molar-refractivity contribution is -0.157. The molecule has 0 bridgehead atoms. The summed E-state index contributed by atoms with van der Waals surface area (Å²) in [4.78, 5) is 34.7. The lowest BCUT2D eigenvalue weighted by Crippen LogP contribution is -2.46. The predicted molar refractivity (Wildman–Crippen MR) is 82.2 cm³/mol. The maximum Gasteiger partial charge on any atom is 0.408 e. The van der Waals surface area contributed by atoms with Crippen molar-refractivity contribution in [3.63, 3.8) is 0 Å². The van der Waals surface area contributed by atoms with E-state index < -0.39 is 29.3 Å².